The van der Waals surface area contributed by atoms with E-state index < -0.39 is 23.5 Å². The number of thiocarbonyl (C=S) groups is 1. The molecule has 0 amide bonds. The lowest BCUT2D eigenvalue weighted by molar-refractivity contribution is -0.138. The molecular formula is C24H22F6N4S. The average molecular weight is 513 g/mol. The topological polar surface area (TPSA) is 33.1 Å². The first kappa shape index (κ1) is 25.0. The number of piperidine rings is 1. The van der Waals surface area contributed by atoms with Crippen LogP contribution in [0.3, 0.4) is 0 Å². The maximum atomic E-state index is 13.4. The summed E-state index contributed by atoms with van der Waals surface area (Å²) in [5.41, 5.74) is -1.42. The fourth-order valence-electron chi connectivity index (χ4n) is 4.31. The van der Waals surface area contributed by atoms with Crippen LogP contribution in [-0.4, -0.2) is 32.7 Å². The zero-order valence-electron chi connectivity index (χ0n) is 18.4. The van der Waals surface area contributed by atoms with E-state index in [0.717, 1.165) is 12.1 Å². The van der Waals surface area contributed by atoms with Gasteiger partial charge >= 0.3 is 12.4 Å². The first-order valence-electron chi connectivity index (χ1n) is 10.9. The van der Waals surface area contributed by atoms with E-state index in [1.807, 2.05) is 0 Å². The van der Waals surface area contributed by atoms with Gasteiger partial charge in [0, 0.05) is 37.9 Å². The molecule has 1 saturated heterocycles. The summed E-state index contributed by atoms with van der Waals surface area (Å²) >= 11 is 5.36. The third-order valence-corrected chi connectivity index (χ3v) is 6.39. The Hall–Kier alpha value is -3.08. The van der Waals surface area contributed by atoms with Gasteiger partial charge in [-0.1, -0.05) is 30.3 Å². The zero-order valence-corrected chi connectivity index (χ0v) is 19.2. The monoisotopic (exact) mass is 512 g/mol. The van der Waals surface area contributed by atoms with Crippen molar-refractivity contribution in [2.24, 2.45) is 0 Å². The fourth-order valence-corrected chi connectivity index (χ4v) is 4.60. The summed E-state index contributed by atoms with van der Waals surface area (Å²) in [4.78, 5) is 6.19. The summed E-state index contributed by atoms with van der Waals surface area (Å²) in [5.74, 6) is 0.674. The van der Waals surface area contributed by atoms with Crippen molar-refractivity contribution >= 4 is 23.0 Å². The van der Waals surface area contributed by atoms with Gasteiger partial charge in [0.15, 0.2) is 5.11 Å². The molecule has 1 aromatic heterocycles. The normalized spacial score (nSPS) is 15.3. The number of aromatic nitrogens is 2. The molecule has 0 aliphatic carbocycles. The SMILES string of the molecule is FC(F)(F)c1ccccc1Cn1ccnc1C1CCN(C(=S)Nc2ccccc2C(F)(F)F)CC1. The number of anilines is 1. The van der Waals surface area contributed by atoms with E-state index in [1.165, 1.54) is 30.3 Å². The Labute approximate surface area is 203 Å². The molecule has 35 heavy (non-hydrogen) atoms. The van der Waals surface area contributed by atoms with Crippen molar-refractivity contribution in [1.29, 1.82) is 0 Å². The van der Waals surface area contributed by atoms with E-state index in [4.69, 9.17) is 12.2 Å². The van der Waals surface area contributed by atoms with Gasteiger partial charge in [-0.15, -0.1) is 0 Å². The van der Waals surface area contributed by atoms with Gasteiger partial charge in [0.1, 0.15) is 5.82 Å². The summed E-state index contributed by atoms with van der Waals surface area (Å²) in [6.07, 6.45) is -4.50. The van der Waals surface area contributed by atoms with Crippen molar-refractivity contribution in [1.82, 2.24) is 14.5 Å². The molecule has 4 nitrogen and oxygen atoms in total. The quantitative estimate of drug-likeness (QED) is 0.318. The highest BCUT2D eigenvalue weighted by molar-refractivity contribution is 7.80. The standard InChI is InChI=1S/C24H22F6N4S/c25-23(26,27)18-6-2-1-5-17(18)15-34-14-11-31-21(34)16-9-12-33(13-10-16)22(35)32-20-8-4-3-7-19(20)24(28,29)30/h1-8,11,14,16H,9-10,12-13,15H2,(H,32,35). The lowest BCUT2D eigenvalue weighted by Crippen LogP contribution is -2.41. The largest absolute Gasteiger partial charge is 0.418 e. The number of rotatable bonds is 4. The highest BCUT2D eigenvalue weighted by Crippen LogP contribution is 2.36. The van der Waals surface area contributed by atoms with E-state index in [-0.39, 0.29) is 28.8 Å². The van der Waals surface area contributed by atoms with Gasteiger partial charge < -0.3 is 14.8 Å². The van der Waals surface area contributed by atoms with E-state index in [2.05, 4.69) is 10.3 Å². The maximum absolute atomic E-state index is 13.4. The van der Waals surface area contributed by atoms with Crippen molar-refractivity contribution in [3.8, 4) is 0 Å². The Morgan fingerprint density at radius 3 is 2.17 bits per heavy atom. The molecule has 11 heteroatoms. The van der Waals surface area contributed by atoms with E-state index in [0.29, 0.717) is 31.8 Å². The van der Waals surface area contributed by atoms with Crippen molar-refractivity contribution in [2.75, 3.05) is 18.4 Å². The Bertz CT molecular complexity index is 1180. The third kappa shape index (κ3) is 5.77. The summed E-state index contributed by atoms with van der Waals surface area (Å²) in [7, 11) is 0. The minimum Gasteiger partial charge on any atom is -0.349 e. The maximum Gasteiger partial charge on any atom is 0.418 e. The second-order valence-corrected chi connectivity index (χ2v) is 8.69. The highest BCUT2D eigenvalue weighted by atomic mass is 32.1. The lowest BCUT2D eigenvalue weighted by atomic mass is 9.96. The number of nitrogens with zero attached hydrogens (tertiary/aromatic N) is 3. The molecule has 0 bridgehead atoms. The van der Waals surface area contributed by atoms with Crippen LogP contribution >= 0.6 is 12.2 Å². The minimum atomic E-state index is -4.51. The number of alkyl halides is 6. The van der Waals surface area contributed by atoms with Gasteiger partial charge in [0.25, 0.3) is 0 Å². The van der Waals surface area contributed by atoms with Crippen LogP contribution in [0.15, 0.2) is 60.9 Å². The number of nitrogens with one attached hydrogen (secondary N) is 1. The average Bonchev–Trinajstić information content (AvgIpc) is 3.26. The zero-order chi connectivity index (χ0) is 25.2. The van der Waals surface area contributed by atoms with E-state index in [9.17, 15) is 26.3 Å². The van der Waals surface area contributed by atoms with Crippen LogP contribution in [0.4, 0.5) is 32.0 Å². The number of hydrogen-bond acceptors (Lipinski definition) is 2. The molecule has 1 fully saturated rings. The Balaban J connectivity index is 1.42. The summed E-state index contributed by atoms with van der Waals surface area (Å²) in [6.45, 7) is 1.01. The number of halogens is 6. The van der Waals surface area contributed by atoms with Gasteiger partial charge in [0.2, 0.25) is 0 Å². The van der Waals surface area contributed by atoms with Gasteiger partial charge in [0.05, 0.1) is 16.8 Å². The first-order valence-corrected chi connectivity index (χ1v) is 11.3. The van der Waals surface area contributed by atoms with E-state index >= 15 is 0 Å². The molecule has 1 aliphatic rings. The lowest BCUT2D eigenvalue weighted by Gasteiger charge is -2.34. The Kier molecular flexibility index (Phi) is 7.07. The van der Waals surface area contributed by atoms with Gasteiger partial charge in [-0.25, -0.2) is 4.98 Å². The smallest absolute Gasteiger partial charge is 0.349 e. The van der Waals surface area contributed by atoms with Crippen LogP contribution in [0.5, 0.6) is 0 Å². The number of likely N-dealkylation sites (tertiary alicyclic amines) is 1. The van der Waals surface area contributed by atoms with Crippen LogP contribution in [0, 0.1) is 0 Å². The van der Waals surface area contributed by atoms with Gasteiger partial charge in [-0.05, 0) is 48.8 Å². The molecule has 0 unspecified atom stereocenters. The van der Waals surface area contributed by atoms with Crippen LogP contribution in [0.1, 0.15) is 41.3 Å². The van der Waals surface area contributed by atoms with Crippen LogP contribution in [0.25, 0.3) is 0 Å². The molecule has 4 rings (SSSR count). The number of benzene rings is 2. The number of imidazole rings is 1. The third-order valence-electron chi connectivity index (χ3n) is 6.03. The molecule has 3 aromatic rings. The molecule has 2 heterocycles. The van der Waals surface area contributed by atoms with Gasteiger partial charge in [-0.3, -0.25) is 0 Å². The molecule has 0 saturated carbocycles. The molecular weight excluding hydrogens is 490 g/mol. The van der Waals surface area contributed by atoms with Crippen LogP contribution < -0.4 is 5.32 Å². The Morgan fingerprint density at radius 2 is 1.51 bits per heavy atom. The van der Waals surface area contributed by atoms with Crippen molar-refractivity contribution in [2.45, 2.75) is 37.7 Å². The predicted octanol–water partition coefficient (Wildman–Crippen LogP) is 6.55. The first-order chi connectivity index (χ1) is 16.5. The molecule has 0 radical (unpaired) electrons. The molecule has 1 N–H and O–H groups in total. The second kappa shape index (κ2) is 9.88. The number of para-hydroxylation sites is 1. The van der Waals surface area contributed by atoms with Crippen LogP contribution in [0.2, 0.25) is 0 Å². The summed E-state index contributed by atoms with van der Waals surface area (Å²) in [5, 5.41) is 2.91. The Morgan fingerprint density at radius 1 is 0.914 bits per heavy atom. The molecule has 1 aliphatic heterocycles. The van der Waals surface area contributed by atoms with Crippen LogP contribution in [-0.2, 0) is 18.9 Å². The molecule has 0 spiro atoms. The molecule has 186 valence electrons. The second-order valence-electron chi connectivity index (χ2n) is 8.30. The minimum absolute atomic E-state index is 0.00967. The highest BCUT2D eigenvalue weighted by Gasteiger charge is 2.35. The van der Waals surface area contributed by atoms with E-state index in [1.54, 1.807) is 27.9 Å². The fraction of sp³-hybridized carbons (Fsp3) is 0.333. The predicted molar refractivity (Wildman–Crippen MR) is 124 cm³/mol. The van der Waals surface area contributed by atoms with Crippen molar-refractivity contribution in [3.05, 3.63) is 83.4 Å². The number of hydrogen-bond donors (Lipinski definition) is 1. The summed E-state index contributed by atoms with van der Waals surface area (Å²) in [6, 6.07) is 10.6. The molecule has 0 atom stereocenters. The van der Waals surface area contributed by atoms with Gasteiger partial charge in [-0.2, -0.15) is 26.3 Å². The summed E-state index contributed by atoms with van der Waals surface area (Å²) < 4.78 is 81.7. The molecule has 2 aromatic carbocycles. The van der Waals surface area contributed by atoms with Crippen molar-refractivity contribution in [3.63, 3.8) is 0 Å². The van der Waals surface area contributed by atoms with Crippen molar-refractivity contribution < 1.29 is 26.3 Å².